The lowest BCUT2D eigenvalue weighted by Gasteiger charge is -2.15. The zero-order valence-corrected chi connectivity index (χ0v) is 50.7. The van der Waals surface area contributed by atoms with Gasteiger partial charge in [0.15, 0.2) is 6.10 Å². The fourth-order valence-corrected chi connectivity index (χ4v) is 7.92. The van der Waals surface area contributed by atoms with Crippen molar-refractivity contribution >= 4 is 11.9 Å². The van der Waals surface area contributed by atoms with Gasteiger partial charge in [-0.25, -0.2) is 0 Å². The Morgan fingerprint density at radius 3 is 0.750 bits per heavy atom. The predicted octanol–water partition coefficient (Wildman–Crippen LogP) is 22.2. The minimum atomic E-state index is -0.805. The maximum Gasteiger partial charge on any atom is 0.306 e. The molecular formula is C75H114O5. The van der Waals surface area contributed by atoms with Crippen LogP contribution in [0.5, 0.6) is 0 Å². The molecule has 0 heterocycles. The van der Waals surface area contributed by atoms with Crippen LogP contribution in [0.25, 0.3) is 0 Å². The van der Waals surface area contributed by atoms with Crippen molar-refractivity contribution in [1.29, 1.82) is 0 Å². The van der Waals surface area contributed by atoms with E-state index in [1.54, 1.807) is 0 Å². The smallest absolute Gasteiger partial charge is 0.306 e. The van der Waals surface area contributed by atoms with E-state index < -0.39 is 6.10 Å². The van der Waals surface area contributed by atoms with Gasteiger partial charge in [0.2, 0.25) is 0 Å². The minimum Gasteiger partial charge on any atom is -0.462 e. The van der Waals surface area contributed by atoms with Gasteiger partial charge >= 0.3 is 11.9 Å². The lowest BCUT2D eigenvalue weighted by atomic mass is 10.1. The Kier molecular flexibility index (Phi) is 63.1. The van der Waals surface area contributed by atoms with Crippen molar-refractivity contribution in [3.8, 4) is 0 Å². The molecule has 0 aliphatic rings. The second kappa shape index (κ2) is 67.8. The van der Waals surface area contributed by atoms with Gasteiger partial charge in [-0.1, -0.05) is 278 Å². The molecule has 5 nitrogen and oxygen atoms in total. The molecule has 0 aromatic heterocycles. The molecule has 0 aliphatic carbocycles. The van der Waals surface area contributed by atoms with Crippen molar-refractivity contribution in [1.82, 2.24) is 0 Å². The molecule has 0 fully saturated rings. The Balaban J connectivity index is 3.67. The summed E-state index contributed by atoms with van der Waals surface area (Å²) in [4.78, 5) is 24.6. The summed E-state index contributed by atoms with van der Waals surface area (Å²) in [6.07, 6.45) is 109. The highest BCUT2D eigenvalue weighted by molar-refractivity contribution is 5.70. The number of aliphatic hydroxyl groups is 1. The predicted molar refractivity (Wildman–Crippen MR) is 352 cm³/mol. The van der Waals surface area contributed by atoms with E-state index in [2.05, 4.69) is 220 Å². The first-order chi connectivity index (χ1) is 39.6. The van der Waals surface area contributed by atoms with Crippen molar-refractivity contribution in [3.63, 3.8) is 0 Å². The molecule has 0 aromatic rings. The number of aliphatic hydroxyl groups excluding tert-OH is 1. The number of allylic oxidation sites excluding steroid dienone is 34. The van der Waals surface area contributed by atoms with Gasteiger partial charge in [0.1, 0.15) is 6.61 Å². The minimum absolute atomic E-state index is 0.0927. The molecule has 444 valence electrons. The van der Waals surface area contributed by atoms with Crippen LogP contribution < -0.4 is 0 Å². The average Bonchev–Trinajstić information content (AvgIpc) is 3.46. The average molecular weight is 1100 g/mol. The molecule has 1 unspecified atom stereocenters. The van der Waals surface area contributed by atoms with Crippen LogP contribution in [0.3, 0.4) is 0 Å². The number of hydrogen-bond donors (Lipinski definition) is 1. The highest BCUT2D eigenvalue weighted by Crippen LogP contribution is 2.13. The molecule has 1 N–H and O–H groups in total. The number of esters is 2. The van der Waals surface area contributed by atoms with Crippen molar-refractivity contribution in [3.05, 3.63) is 207 Å². The van der Waals surface area contributed by atoms with E-state index in [-0.39, 0.29) is 25.2 Å². The number of ether oxygens (including phenoxy) is 2. The number of unbranched alkanes of at least 4 members (excludes halogenated alkanes) is 13. The van der Waals surface area contributed by atoms with Crippen molar-refractivity contribution < 1.29 is 24.2 Å². The van der Waals surface area contributed by atoms with Crippen LogP contribution in [0.2, 0.25) is 0 Å². The lowest BCUT2D eigenvalue weighted by Crippen LogP contribution is -2.28. The molecule has 0 radical (unpaired) electrons. The van der Waals surface area contributed by atoms with E-state index in [1.807, 2.05) is 0 Å². The Morgan fingerprint density at radius 2 is 0.500 bits per heavy atom. The Bertz CT molecular complexity index is 1910. The molecular weight excluding hydrogens is 981 g/mol. The summed E-state index contributed by atoms with van der Waals surface area (Å²) in [5.41, 5.74) is 0. The molecule has 0 saturated heterocycles. The number of hydrogen-bond acceptors (Lipinski definition) is 5. The van der Waals surface area contributed by atoms with Gasteiger partial charge in [-0.3, -0.25) is 9.59 Å². The summed E-state index contributed by atoms with van der Waals surface area (Å²) in [6, 6.07) is 0. The molecule has 0 aromatic carbocycles. The molecule has 0 bridgehead atoms. The molecule has 0 rings (SSSR count). The molecule has 1 atom stereocenters. The summed E-state index contributed by atoms with van der Waals surface area (Å²) in [6.45, 7) is 3.88. The summed E-state index contributed by atoms with van der Waals surface area (Å²) in [5, 5.41) is 9.68. The fraction of sp³-hybridized carbons (Fsp3) is 0.520. The van der Waals surface area contributed by atoms with Gasteiger partial charge in [0.05, 0.1) is 6.61 Å². The zero-order chi connectivity index (χ0) is 57.6. The van der Waals surface area contributed by atoms with Gasteiger partial charge in [0, 0.05) is 12.8 Å². The topological polar surface area (TPSA) is 72.8 Å². The van der Waals surface area contributed by atoms with Crippen molar-refractivity contribution in [2.75, 3.05) is 13.2 Å². The van der Waals surface area contributed by atoms with Crippen molar-refractivity contribution in [2.45, 2.75) is 238 Å². The third kappa shape index (κ3) is 65.0. The Morgan fingerprint density at radius 1 is 0.287 bits per heavy atom. The van der Waals surface area contributed by atoms with Gasteiger partial charge in [-0.2, -0.15) is 0 Å². The number of carbonyl (C=O) groups is 2. The van der Waals surface area contributed by atoms with Crippen LogP contribution >= 0.6 is 0 Å². The molecule has 0 aliphatic heterocycles. The van der Waals surface area contributed by atoms with E-state index in [1.165, 1.54) is 32.1 Å². The van der Waals surface area contributed by atoms with E-state index in [0.717, 1.165) is 173 Å². The van der Waals surface area contributed by atoms with E-state index in [4.69, 9.17) is 9.47 Å². The first-order valence-corrected chi connectivity index (χ1v) is 31.6. The van der Waals surface area contributed by atoms with Crippen LogP contribution in [-0.2, 0) is 19.1 Å². The maximum absolute atomic E-state index is 12.3. The first-order valence-electron chi connectivity index (χ1n) is 31.6. The molecule has 5 heteroatoms. The Labute approximate surface area is 491 Å². The third-order valence-corrected chi connectivity index (χ3v) is 12.6. The fourth-order valence-electron chi connectivity index (χ4n) is 7.92. The second-order valence-electron chi connectivity index (χ2n) is 20.0. The van der Waals surface area contributed by atoms with Crippen LogP contribution in [0.4, 0.5) is 0 Å². The number of rotatable bonds is 55. The van der Waals surface area contributed by atoms with Gasteiger partial charge < -0.3 is 14.6 Å². The van der Waals surface area contributed by atoms with Gasteiger partial charge in [-0.05, 0) is 148 Å². The standard InChI is InChI=1S/C75H114O5/c1-3-5-7-9-11-13-15-17-19-21-23-25-27-29-31-32-33-34-35-36-37-38-39-40-41-42-44-46-48-50-52-54-56-58-60-62-64-66-68-70-75(78)80-73(71-76)72-79-74(77)69-67-65-63-61-59-57-55-53-51-49-47-45-43-30-28-26-24-22-20-18-16-14-12-10-8-6-4-2/h5-8,11-14,17-20,23-26,29-31,33-34,36-37,39-40,42-44,47-50,54,56,73,76H,3-4,9-10,15-16,21-22,27-28,32,35,38,41,45-46,51-53,55,57-72H2,1-2H3/b7-5-,8-6-,13-11-,14-12-,19-17-,20-18-,25-23-,26-24-,31-29-,34-33-,37-36-,40-39-,43-30-,44-42-,49-47-,50-48-,56-54-. The first kappa shape index (κ1) is 74.5. The SMILES string of the molecule is CC/C=C\C/C=C\C/C=C\C/C=C\C/C=C\C/C=C\C/C=C\C/C=C\C/C=C\C/C=C\C/C=C\CCCCCCCC(=O)OC(CO)COC(=O)CCCCCCCCCC/C=C\C/C=C\C/C=C\C/C=C\C/C=C\C/C=C\CC. The van der Waals surface area contributed by atoms with Crippen LogP contribution in [0.1, 0.15) is 232 Å². The largest absolute Gasteiger partial charge is 0.462 e. The van der Waals surface area contributed by atoms with E-state index in [9.17, 15) is 14.7 Å². The quantitative estimate of drug-likeness (QED) is 0.0373. The lowest BCUT2D eigenvalue weighted by molar-refractivity contribution is -0.161. The van der Waals surface area contributed by atoms with Gasteiger partial charge in [-0.15, -0.1) is 0 Å². The van der Waals surface area contributed by atoms with Gasteiger partial charge in [0.25, 0.3) is 0 Å². The van der Waals surface area contributed by atoms with Crippen molar-refractivity contribution in [2.24, 2.45) is 0 Å². The summed E-state index contributed by atoms with van der Waals surface area (Å²) in [7, 11) is 0. The zero-order valence-electron chi connectivity index (χ0n) is 50.7. The third-order valence-electron chi connectivity index (χ3n) is 12.6. The summed E-state index contributed by atoms with van der Waals surface area (Å²) < 4.78 is 10.7. The second-order valence-corrected chi connectivity index (χ2v) is 20.0. The summed E-state index contributed by atoms with van der Waals surface area (Å²) >= 11 is 0. The maximum atomic E-state index is 12.3. The summed E-state index contributed by atoms with van der Waals surface area (Å²) in [5.74, 6) is -0.638. The Hall–Kier alpha value is -5.52. The number of carbonyl (C=O) groups excluding carboxylic acids is 2. The highest BCUT2D eigenvalue weighted by Gasteiger charge is 2.16. The molecule has 0 saturated carbocycles. The molecule has 0 amide bonds. The van der Waals surface area contributed by atoms with E-state index in [0.29, 0.717) is 12.8 Å². The van der Waals surface area contributed by atoms with Crippen LogP contribution in [0, 0.1) is 0 Å². The highest BCUT2D eigenvalue weighted by atomic mass is 16.6. The monoisotopic (exact) mass is 1090 g/mol. The van der Waals surface area contributed by atoms with Crippen LogP contribution in [0.15, 0.2) is 207 Å². The van der Waals surface area contributed by atoms with E-state index >= 15 is 0 Å². The molecule has 0 spiro atoms. The normalized spacial score (nSPS) is 13.7. The van der Waals surface area contributed by atoms with Crippen LogP contribution in [-0.4, -0.2) is 36.4 Å². The molecule has 80 heavy (non-hydrogen) atoms.